The van der Waals surface area contributed by atoms with Gasteiger partial charge in [0.15, 0.2) is 0 Å². The minimum atomic E-state index is -1.86. The van der Waals surface area contributed by atoms with Gasteiger partial charge in [-0.25, -0.2) is 0 Å². The lowest BCUT2D eigenvalue weighted by Crippen LogP contribution is -2.41. The fraction of sp³-hybridized carbons (Fsp3) is 0.625. The van der Waals surface area contributed by atoms with E-state index in [0.29, 0.717) is 0 Å². The first kappa shape index (κ1) is 11.2. The van der Waals surface area contributed by atoms with Crippen LogP contribution < -0.4 is 5.32 Å². The molecule has 1 atom stereocenters. The maximum Gasteiger partial charge on any atom is 0.272 e. The highest BCUT2D eigenvalue weighted by Crippen LogP contribution is 2.26. The van der Waals surface area contributed by atoms with Crippen LogP contribution in [0.5, 0.6) is 0 Å². The van der Waals surface area contributed by atoms with Gasteiger partial charge in [0.2, 0.25) is 0 Å². The van der Waals surface area contributed by atoms with Gasteiger partial charge in [0.25, 0.3) is 9.70 Å². The number of carbonyl (C=O) groups is 1. The Labute approximate surface area is 92.2 Å². The molecule has 0 fully saturated rings. The van der Waals surface area contributed by atoms with Crippen molar-refractivity contribution in [3.63, 3.8) is 0 Å². The number of nitrogens with one attached hydrogen (secondary N) is 1. The van der Waals surface area contributed by atoms with Crippen LogP contribution in [0.3, 0.4) is 0 Å². The van der Waals surface area contributed by atoms with Crippen molar-refractivity contribution < 1.29 is 4.79 Å². The lowest BCUT2D eigenvalue weighted by molar-refractivity contribution is -0.120. The molecular formula is C8H10Cl3NO. The normalized spacial score (nSPS) is 22.8. The molecule has 1 aliphatic rings. The van der Waals surface area contributed by atoms with Crippen LogP contribution in [0.1, 0.15) is 19.3 Å². The molecule has 1 rings (SSSR count). The van der Waals surface area contributed by atoms with E-state index < -0.39 is 9.70 Å². The molecule has 1 N–H and O–H groups in total. The summed E-state index contributed by atoms with van der Waals surface area (Å²) < 4.78 is -1.86. The van der Waals surface area contributed by atoms with Gasteiger partial charge in [0.05, 0.1) is 0 Å². The number of hydrogen-bond donors (Lipinski definition) is 1. The van der Waals surface area contributed by atoms with Crippen molar-refractivity contribution in [3.8, 4) is 0 Å². The topological polar surface area (TPSA) is 29.1 Å². The highest BCUT2D eigenvalue weighted by molar-refractivity contribution is 6.76. The number of alkyl halides is 3. The summed E-state index contributed by atoms with van der Waals surface area (Å²) in [6.45, 7) is 0. The van der Waals surface area contributed by atoms with E-state index in [-0.39, 0.29) is 6.04 Å². The average Bonchev–Trinajstić information content (AvgIpc) is 2.04. The molecule has 0 aromatic rings. The van der Waals surface area contributed by atoms with Crippen molar-refractivity contribution in [3.05, 3.63) is 12.2 Å². The number of amides is 1. The fourth-order valence-electron chi connectivity index (χ4n) is 1.18. The van der Waals surface area contributed by atoms with Crippen LogP contribution in [0, 0.1) is 0 Å². The molecule has 0 unspecified atom stereocenters. The lowest BCUT2D eigenvalue weighted by atomic mass is 10.0. The van der Waals surface area contributed by atoms with Gasteiger partial charge in [-0.3, -0.25) is 4.79 Å². The Kier molecular flexibility index (Phi) is 3.89. The first-order valence-electron chi connectivity index (χ1n) is 4.04. The maximum absolute atomic E-state index is 11.2. The zero-order valence-corrected chi connectivity index (χ0v) is 9.16. The molecule has 2 nitrogen and oxygen atoms in total. The van der Waals surface area contributed by atoms with E-state index in [1.165, 1.54) is 0 Å². The zero-order valence-electron chi connectivity index (χ0n) is 6.90. The van der Waals surface area contributed by atoms with Gasteiger partial charge in [-0.15, -0.1) is 0 Å². The van der Waals surface area contributed by atoms with Crippen molar-refractivity contribution in [1.29, 1.82) is 0 Å². The number of rotatable bonds is 1. The molecule has 0 spiro atoms. The molecule has 74 valence electrons. The van der Waals surface area contributed by atoms with Crippen molar-refractivity contribution >= 4 is 40.7 Å². The smallest absolute Gasteiger partial charge is 0.272 e. The minimum Gasteiger partial charge on any atom is -0.346 e. The Hall–Kier alpha value is 0.0800. The van der Waals surface area contributed by atoms with Gasteiger partial charge >= 0.3 is 0 Å². The third kappa shape index (κ3) is 3.75. The van der Waals surface area contributed by atoms with Crippen molar-refractivity contribution in [2.75, 3.05) is 0 Å². The van der Waals surface area contributed by atoms with E-state index in [1.807, 2.05) is 12.2 Å². The summed E-state index contributed by atoms with van der Waals surface area (Å²) in [6.07, 6.45) is 6.97. The first-order chi connectivity index (χ1) is 6.00. The highest BCUT2D eigenvalue weighted by Gasteiger charge is 2.31. The number of halogens is 3. The first-order valence-corrected chi connectivity index (χ1v) is 5.18. The molecule has 5 heteroatoms. The van der Waals surface area contributed by atoms with Gasteiger partial charge in [-0.2, -0.15) is 0 Å². The van der Waals surface area contributed by atoms with E-state index in [9.17, 15) is 4.79 Å². The van der Waals surface area contributed by atoms with E-state index >= 15 is 0 Å². The SMILES string of the molecule is O=C(N[C@@H]1C=CCCC1)C(Cl)(Cl)Cl. The fourth-order valence-corrected chi connectivity index (χ4v) is 1.35. The van der Waals surface area contributed by atoms with Crippen LogP contribution in [0.4, 0.5) is 0 Å². The molecular weight excluding hydrogens is 232 g/mol. The summed E-state index contributed by atoms with van der Waals surface area (Å²) in [5, 5.41) is 2.64. The van der Waals surface area contributed by atoms with Gasteiger partial charge in [-0.1, -0.05) is 47.0 Å². The molecule has 1 amide bonds. The number of hydrogen-bond acceptors (Lipinski definition) is 1. The number of allylic oxidation sites excluding steroid dienone is 1. The summed E-state index contributed by atoms with van der Waals surface area (Å²) in [4.78, 5) is 11.2. The Bertz CT molecular complexity index is 222. The monoisotopic (exact) mass is 241 g/mol. The molecule has 1 aliphatic carbocycles. The second-order valence-corrected chi connectivity index (χ2v) is 5.22. The second kappa shape index (κ2) is 4.54. The Balaban J connectivity index is 2.44. The molecule has 0 bridgehead atoms. The van der Waals surface area contributed by atoms with Crippen molar-refractivity contribution in [1.82, 2.24) is 5.32 Å². The van der Waals surface area contributed by atoms with Crippen molar-refractivity contribution in [2.24, 2.45) is 0 Å². The van der Waals surface area contributed by atoms with E-state index in [2.05, 4.69) is 5.32 Å². The minimum absolute atomic E-state index is 0.0110. The van der Waals surface area contributed by atoms with Crippen LogP contribution in [-0.4, -0.2) is 15.7 Å². The van der Waals surface area contributed by atoms with Gasteiger partial charge in [-0.05, 0) is 19.3 Å². The zero-order chi connectivity index (χ0) is 9.90. The van der Waals surface area contributed by atoms with Crippen molar-refractivity contribution in [2.45, 2.75) is 29.1 Å². The van der Waals surface area contributed by atoms with Crippen LogP contribution in [0.25, 0.3) is 0 Å². The average molecular weight is 243 g/mol. The molecule has 0 aliphatic heterocycles. The molecule has 0 radical (unpaired) electrons. The molecule has 0 aromatic carbocycles. The Morgan fingerprint density at radius 3 is 2.62 bits per heavy atom. The van der Waals surface area contributed by atoms with Crippen LogP contribution in [0.2, 0.25) is 0 Å². The summed E-state index contributed by atoms with van der Waals surface area (Å²) in [7, 11) is 0. The van der Waals surface area contributed by atoms with E-state index in [0.717, 1.165) is 19.3 Å². The summed E-state index contributed by atoms with van der Waals surface area (Å²) in [6, 6.07) is 0.0110. The second-order valence-electron chi connectivity index (χ2n) is 2.94. The summed E-state index contributed by atoms with van der Waals surface area (Å²) in [5.74, 6) is -0.561. The lowest BCUT2D eigenvalue weighted by Gasteiger charge is -2.20. The molecule has 0 saturated heterocycles. The Morgan fingerprint density at radius 2 is 2.15 bits per heavy atom. The summed E-state index contributed by atoms with van der Waals surface area (Å²) >= 11 is 16.2. The van der Waals surface area contributed by atoms with E-state index in [4.69, 9.17) is 34.8 Å². The highest BCUT2D eigenvalue weighted by atomic mass is 35.6. The molecule has 0 saturated carbocycles. The van der Waals surface area contributed by atoms with Gasteiger partial charge in [0.1, 0.15) is 0 Å². The number of carbonyl (C=O) groups excluding carboxylic acids is 1. The predicted molar refractivity (Wildman–Crippen MR) is 55.2 cm³/mol. The molecule has 0 heterocycles. The maximum atomic E-state index is 11.2. The Morgan fingerprint density at radius 1 is 1.46 bits per heavy atom. The third-order valence-corrected chi connectivity index (χ3v) is 2.34. The third-order valence-electron chi connectivity index (χ3n) is 1.83. The van der Waals surface area contributed by atoms with Crippen LogP contribution in [-0.2, 0) is 4.79 Å². The summed E-state index contributed by atoms with van der Waals surface area (Å²) in [5.41, 5.74) is 0. The predicted octanol–water partition coefficient (Wildman–Crippen LogP) is 2.58. The van der Waals surface area contributed by atoms with Crippen LogP contribution >= 0.6 is 34.8 Å². The van der Waals surface area contributed by atoms with Crippen LogP contribution in [0.15, 0.2) is 12.2 Å². The van der Waals surface area contributed by atoms with E-state index in [1.54, 1.807) is 0 Å². The quantitative estimate of drug-likeness (QED) is 0.556. The molecule has 13 heavy (non-hydrogen) atoms. The largest absolute Gasteiger partial charge is 0.346 e. The standard InChI is InChI=1S/C8H10Cl3NO/c9-8(10,11)7(13)12-6-4-2-1-3-5-6/h2,4,6H,1,3,5H2,(H,12,13)/t6-/m1/s1. The van der Waals surface area contributed by atoms with Gasteiger partial charge in [0, 0.05) is 6.04 Å². The van der Waals surface area contributed by atoms with Gasteiger partial charge < -0.3 is 5.32 Å². The molecule has 0 aromatic heterocycles.